The van der Waals surface area contributed by atoms with Crippen LogP contribution in [0.4, 0.5) is 0 Å². The van der Waals surface area contributed by atoms with Crippen molar-refractivity contribution in [3.63, 3.8) is 0 Å². The molecule has 0 unspecified atom stereocenters. The van der Waals surface area contributed by atoms with Crippen LogP contribution >= 0.6 is 0 Å². The normalized spacial score (nSPS) is 11.3. The van der Waals surface area contributed by atoms with E-state index in [0.717, 1.165) is 22.4 Å². The van der Waals surface area contributed by atoms with Crippen LogP contribution in [0.2, 0.25) is 0 Å². The Kier molecular flexibility index (Phi) is 6.09. The number of methoxy groups -OCH3 is 1. The number of ether oxygens (including phenoxy) is 1. The van der Waals surface area contributed by atoms with E-state index in [-0.39, 0.29) is 5.43 Å². The molecule has 0 amide bonds. The Bertz CT molecular complexity index is 1260. The van der Waals surface area contributed by atoms with Crippen LogP contribution in [0.3, 0.4) is 0 Å². The molecule has 0 aliphatic carbocycles. The zero-order valence-corrected chi connectivity index (χ0v) is 17.3. The van der Waals surface area contributed by atoms with Crippen LogP contribution in [-0.4, -0.2) is 43.2 Å². The first-order valence-electron chi connectivity index (χ1n) is 9.77. The Morgan fingerprint density at radius 2 is 1.97 bits per heavy atom. The van der Waals surface area contributed by atoms with Crippen molar-refractivity contribution in [2.75, 3.05) is 13.7 Å². The van der Waals surface area contributed by atoms with Crippen molar-refractivity contribution in [1.29, 1.82) is 0 Å². The average Bonchev–Trinajstić information content (AvgIpc) is 3.22. The highest BCUT2D eigenvalue weighted by atomic mass is 16.5. The highest BCUT2D eigenvalue weighted by molar-refractivity contribution is 5.57. The summed E-state index contributed by atoms with van der Waals surface area (Å²) in [7, 11) is 3.49. The monoisotopic (exact) mass is 414 g/mol. The lowest BCUT2D eigenvalue weighted by Gasteiger charge is -2.07. The van der Waals surface area contributed by atoms with Crippen molar-refractivity contribution >= 4 is 6.08 Å². The smallest absolute Gasteiger partial charge is 0.203 e. The van der Waals surface area contributed by atoms with Gasteiger partial charge in [-0.05, 0) is 11.6 Å². The second-order valence-electron chi connectivity index (χ2n) is 7.02. The van der Waals surface area contributed by atoms with E-state index < -0.39 is 0 Å². The molecule has 4 aromatic rings. The SMILES string of the molecule is COCC=Cc1cnc(-c2cccc(Cc3nn(-c4cnn(C)c4)ccc3=O)c2)nc1. The Morgan fingerprint density at radius 3 is 2.71 bits per heavy atom. The number of rotatable bonds is 7. The lowest BCUT2D eigenvalue weighted by molar-refractivity contribution is 0.234. The van der Waals surface area contributed by atoms with Gasteiger partial charge in [-0.25, -0.2) is 14.6 Å². The third-order valence-electron chi connectivity index (χ3n) is 4.64. The fraction of sp³-hybridized carbons (Fsp3) is 0.174. The van der Waals surface area contributed by atoms with Gasteiger partial charge in [0.2, 0.25) is 5.43 Å². The molecular weight excluding hydrogens is 392 g/mol. The fourth-order valence-electron chi connectivity index (χ4n) is 3.11. The minimum atomic E-state index is -0.103. The molecule has 0 spiro atoms. The molecule has 0 N–H and O–H groups in total. The van der Waals surface area contributed by atoms with Crippen molar-refractivity contribution in [1.82, 2.24) is 29.5 Å². The maximum atomic E-state index is 12.4. The van der Waals surface area contributed by atoms with Gasteiger partial charge in [0, 0.05) is 56.4 Å². The Morgan fingerprint density at radius 1 is 1.13 bits per heavy atom. The van der Waals surface area contributed by atoms with Gasteiger partial charge in [0.25, 0.3) is 0 Å². The molecule has 0 radical (unpaired) electrons. The van der Waals surface area contributed by atoms with Gasteiger partial charge in [0.15, 0.2) is 5.82 Å². The standard InChI is InChI=1S/C23H22N6O2/c1-28-16-20(15-26-28)29-9-8-22(30)21(27-29)12-17-5-3-7-19(11-17)23-24-13-18(14-25-23)6-4-10-31-2/h3-9,11,13-16H,10,12H2,1-2H3. The van der Waals surface area contributed by atoms with E-state index in [4.69, 9.17) is 4.74 Å². The molecule has 0 aliphatic rings. The predicted octanol–water partition coefficient (Wildman–Crippen LogP) is 2.67. The molecule has 0 fully saturated rings. The molecule has 156 valence electrons. The Balaban J connectivity index is 1.56. The summed E-state index contributed by atoms with van der Waals surface area (Å²) in [6, 6.07) is 9.36. The largest absolute Gasteiger partial charge is 0.381 e. The fourth-order valence-corrected chi connectivity index (χ4v) is 3.11. The van der Waals surface area contributed by atoms with Crippen LogP contribution < -0.4 is 5.43 Å². The summed E-state index contributed by atoms with van der Waals surface area (Å²) in [6.07, 6.45) is 13.0. The number of aromatic nitrogens is 6. The molecule has 0 saturated carbocycles. The lowest BCUT2D eigenvalue weighted by atomic mass is 10.1. The molecule has 0 saturated heterocycles. The highest BCUT2D eigenvalue weighted by Crippen LogP contribution is 2.18. The molecule has 0 bridgehead atoms. The van der Waals surface area contributed by atoms with E-state index in [1.807, 2.05) is 49.7 Å². The average molecular weight is 414 g/mol. The zero-order valence-electron chi connectivity index (χ0n) is 17.3. The summed E-state index contributed by atoms with van der Waals surface area (Å²) >= 11 is 0. The maximum absolute atomic E-state index is 12.4. The molecule has 3 aromatic heterocycles. The minimum absolute atomic E-state index is 0.103. The first-order valence-corrected chi connectivity index (χ1v) is 9.77. The molecular formula is C23H22N6O2. The number of hydrogen-bond acceptors (Lipinski definition) is 6. The summed E-state index contributed by atoms with van der Waals surface area (Å²) in [5, 5.41) is 8.66. The summed E-state index contributed by atoms with van der Waals surface area (Å²) in [5.74, 6) is 0.625. The van der Waals surface area contributed by atoms with Gasteiger partial charge in [-0.3, -0.25) is 9.48 Å². The summed E-state index contributed by atoms with van der Waals surface area (Å²) in [5.41, 5.74) is 3.90. The number of benzene rings is 1. The van der Waals surface area contributed by atoms with E-state index in [9.17, 15) is 4.79 Å². The molecule has 3 heterocycles. The first-order chi connectivity index (χ1) is 15.1. The van der Waals surface area contributed by atoms with Gasteiger partial charge in [-0.1, -0.05) is 30.4 Å². The van der Waals surface area contributed by atoms with Crippen LogP contribution in [-0.2, 0) is 18.2 Å². The molecule has 8 nitrogen and oxygen atoms in total. The topological polar surface area (TPSA) is 87.7 Å². The van der Waals surface area contributed by atoms with Crippen LogP contribution in [0, 0.1) is 0 Å². The van der Waals surface area contributed by atoms with Crippen molar-refractivity contribution in [3.05, 3.63) is 94.4 Å². The first kappa shape index (κ1) is 20.4. The third-order valence-corrected chi connectivity index (χ3v) is 4.64. The molecule has 8 heteroatoms. The van der Waals surface area contributed by atoms with Crippen molar-refractivity contribution < 1.29 is 4.74 Å². The zero-order chi connectivity index (χ0) is 21.6. The van der Waals surface area contributed by atoms with Gasteiger partial charge in [0.1, 0.15) is 11.4 Å². The Labute approximate surface area is 179 Å². The van der Waals surface area contributed by atoms with Gasteiger partial charge in [-0.15, -0.1) is 0 Å². The highest BCUT2D eigenvalue weighted by Gasteiger charge is 2.08. The molecule has 1 aromatic carbocycles. The van der Waals surface area contributed by atoms with Crippen molar-refractivity contribution in [2.24, 2.45) is 7.05 Å². The van der Waals surface area contributed by atoms with Crippen LogP contribution in [0.5, 0.6) is 0 Å². The number of aryl methyl sites for hydroxylation is 1. The van der Waals surface area contributed by atoms with E-state index in [0.29, 0.717) is 24.5 Å². The Hall–Kier alpha value is -3.91. The van der Waals surface area contributed by atoms with Gasteiger partial charge in [0.05, 0.1) is 19.0 Å². The maximum Gasteiger partial charge on any atom is 0.203 e. The number of nitrogens with zero attached hydrogens (tertiary/aromatic N) is 6. The molecule has 0 aliphatic heterocycles. The third kappa shape index (κ3) is 4.99. The van der Waals surface area contributed by atoms with E-state index in [2.05, 4.69) is 20.2 Å². The molecule has 4 rings (SSSR count). The second kappa shape index (κ2) is 9.27. The van der Waals surface area contributed by atoms with Gasteiger partial charge in [-0.2, -0.15) is 10.2 Å². The minimum Gasteiger partial charge on any atom is -0.381 e. The molecule has 31 heavy (non-hydrogen) atoms. The predicted molar refractivity (Wildman–Crippen MR) is 118 cm³/mol. The quantitative estimate of drug-likeness (QED) is 0.462. The van der Waals surface area contributed by atoms with Crippen molar-refractivity contribution in [2.45, 2.75) is 6.42 Å². The second-order valence-corrected chi connectivity index (χ2v) is 7.02. The number of hydrogen-bond donors (Lipinski definition) is 0. The van der Waals surface area contributed by atoms with Crippen molar-refractivity contribution in [3.8, 4) is 17.1 Å². The van der Waals surface area contributed by atoms with Gasteiger partial charge < -0.3 is 4.74 Å². The van der Waals surface area contributed by atoms with Gasteiger partial charge >= 0.3 is 0 Å². The van der Waals surface area contributed by atoms with Crippen LogP contribution in [0.15, 0.2) is 72.2 Å². The summed E-state index contributed by atoms with van der Waals surface area (Å²) in [6.45, 7) is 0.541. The summed E-state index contributed by atoms with van der Waals surface area (Å²) < 4.78 is 8.35. The van der Waals surface area contributed by atoms with E-state index in [1.54, 1.807) is 41.3 Å². The summed E-state index contributed by atoms with van der Waals surface area (Å²) in [4.78, 5) is 21.3. The van der Waals surface area contributed by atoms with E-state index in [1.165, 1.54) is 6.07 Å². The molecule has 0 atom stereocenters. The lowest BCUT2D eigenvalue weighted by Crippen LogP contribution is -2.16. The van der Waals surface area contributed by atoms with Crippen LogP contribution in [0.25, 0.3) is 23.2 Å². The van der Waals surface area contributed by atoms with E-state index >= 15 is 0 Å². The van der Waals surface area contributed by atoms with Crippen LogP contribution in [0.1, 0.15) is 16.8 Å².